The van der Waals surface area contributed by atoms with Gasteiger partial charge in [-0.15, -0.1) is 0 Å². The Bertz CT molecular complexity index is 788. The standard InChI is InChI=1S/C18H19NO5/c1-10-5-7-13(8-6-10)14-9-18(24-19-14)16(12(3)21)15(11(2)20)17(4,22)23-18/h5-8,22H,9H2,1-4H3/t17-,18-/m0/s1. The van der Waals surface area contributed by atoms with Crippen LogP contribution in [-0.2, 0) is 19.2 Å². The molecule has 2 heterocycles. The fraction of sp³-hybridized carbons (Fsp3) is 0.389. The Hall–Kier alpha value is -2.31. The van der Waals surface area contributed by atoms with Crippen molar-refractivity contribution in [3.63, 3.8) is 0 Å². The summed E-state index contributed by atoms with van der Waals surface area (Å²) in [6.45, 7) is 5.91. The largest absolute Gasteiger partial charge is 0.362 e. The topological polar surface area (TPSA) is 85.2 Å². The lowest BCUT2D eigenvalue weighted by Gasteiger charge is -2.26. The number of carbonyl (C=O) groups is 2. The van der Waals surface area contributed by atoms with Crippen molar-refractivity contribution in [2.45, 2.75) is 45.7 Å². The number of oxime groups is 1. The molecular formula is C18H19NO5. The van der Waals surface area contributed by atoms with E-state index in [0.717, 1.165) is 11.1 Å². The van der Waals surface area contributed by atoms with Crippen LogP contribution in [0.5, 0.6) is 0 Å². The molecule has 3 rings (SSSR count). The van der Waals surface area contributed by atoms with Crippen molar-refractivity contribution >= 4 is 17.3 Å². The zero-order valence-corrected chi connectivity index (χ0v) is 14.0. The number of hydrogen-bond donors (Lipinski definition) is 1. The molecule has 126 valence electrons. The van der Waals surface area contributed by atoms with E-state index in [4.69, 9.17) is 9.57 Å². The van der Waals surface area contributed by atoms with Crippen LogP contribution in [-0.4, -0.2) is 34.0 Å². The molecule has 2 atom stereocenters. The number of aryl methyl sites for hydroxylation is 1. The maximum absolute atomic E-state index is 12.2. The van der Waals surface area contributed by atoms with E-state index in [1.54, 1.807) is 0 Å². The molecule has 0 aliphatic carbocycles. The first-order valence-electron chi connectivity index (χ1n) is 7.68. The molecule has 0 amide bonds. The Balaban J connectivity index is 2.02. The monoisotopic (exact) mass is 329 g/mol. The molecule has 0 fully saturated rings. The van der Waals surface area contributed by atoms with Crippen LogP contribution in [0.4, 0.5) is 0 Å². The molecule has 2 aliphatic heterocycles. The van der Waals surface area contributed by atoms with Crippen LogP contribution >= 0.6 is 0 Å². The minimum atomic E-state index is -1.90. The number of hydrogen-bond acceptors (Lipinski definition) is 6. The average Bonchev–Trinajstić information content (AvgIpc) is 2.98. The first-order chi connectivity index (χ1) is 11.2. The minimum absolute atomic E-state index is 0.0332. The zero-order valence-electron chi connectivity index (χ0n) is 14.0. The van der Waals surface area contributed by atoms with E-state index in [0.29, 0.717) is 5.71 Å². The molecule has 0 saturated carbocycles. The second-order valence-corrected chi connectivity index (χ2v) is 6.37. The molecule has 1 aromatic rings. The molecule has 0 bridgehead atoms. The van der Waals surface area contributed by atoms with E-state index in [-0.39, 0.29) is 17.6 Å². The predicted octanol–water partition coefficient (Wildman–Crippen LogP) is 2.03. The van der Waals surface area contributed by atoms with Crippen molar-refractivity contribution in [3.8, 4) is 0 Å². The third-order valence-corrected chi connectivity index (χ3v) is 4.25. The second kappa shape index (κ2) is 5.36. The van der Waals surface area contributed by atoms with Gasteiger partial charge >= 0.3 is 0 Å². The lowest BCUT2D eigenvalue weighted by Crippen LogP contribution is -2.39. The van der Waals surface area contributed by atoms with Gasteiger partial charge in [0.2, 0.25) is 0 Å². The highest BCUT2D eigenvalue weighted by atomic mass is 16.8. The van der Waals surface area contributed by atoms with Crippen LogP contribution in [0.15, 0.2) is 40.6 Å². The Morgan fingerprint density at radius 3 is 2.25 bits per heavy atom. The maximum Gasteiger partial charge on any atom is 0.275 e. The predicted molar refractivity (Wildman–Crippen MR) is 86.2 cm³/mol. The summed E-state index contributed by atoms with van der Waals surface area (Å²) in [7, 11) is 0. The van der Waals surface area contributed by atoms with Crippen molar-refractivity contribution < 1.29 is 24.3 Å². The van der Waals surface area contributed by atoms with Gasteiger partial charge < -0.3 is 9.94 Å². The maximum atomic E-state index is 12.2. The van der Waals surface area contributed by atoms with Gasteiger partial charge in [0.05, 0.1) is 23.3 Å². The summed E-state index contributed by atoms with van der Waals surface area (Å²) in [5.74, 6) is -4.28. The molecule has 6 nitrogen and oxygen atoms in total. The molecule has 1 N–H and O–H groups in total. The van der Waals surface area contributed by atoms with Crippen LogP contribution in [0.3, 0.4) is 0 Å². The van der Waals surface area contributed by atoms with Crippen molar-refractivity contribution in [1.82, 2.24) is 0 Å². The normalized spacial score (nSPS) is 29.0. The lowest BCUT2D eigenvalue weighted by atomic mass is 9.90. The number of carbonyl (C=O) groups excluding carboxylic acids is 2. The van der Waals surface area contributed by atoms with Gasteiger partial charge in [-0.25, -0.2) is 0 Å². The van der Waals surface area contributed by atoms with Crippen LogP contribution in [0.2, 0.25) is 0 Å². The van der Waals surface area contributed by atoms with E-state index < -0.39 is 23.1 Å². The summed E-state index contributed by atoms with van der Waals surface area (Å²) in [5, 5.41) is 14.5. The van der Waals surface area contributed by atoms with Gasteiger partial charge in [-0.3, -0.25) is 14.3 Å². The van der Waals surface area contributed by atoms with Gasteiger partial charge in [-0.1, -0.05) is 35.0 Å². The first kappa shape index (κ1) is 16.5. The number of ether oxygens (including phenoxy) is 1. The molecule has 24 heavy (non-hydrogen) atoms. The minimum Gasteiger partial charge on any atom is -0.362 e. The summed E-state index contributed by atoms with van der Waals surface area (Å²) in [6.07, 6.45) is 0.137. The Labute approximate surface area is 139 Å². The highest BCUT2D eigenvalue weighted by Crippen LogP contribution is 2.47. The van der Waals surface area contributed by atoms with Crippen molar-refractivity contribution in [3.05, 3.63) is 46.5 Å². The van der Waals surface area contributed by atoms with E-state index >= 15 is 0 Å². The number of benzene rings is 1. The molecule has 6 heteroatoms. The van der Waals surface area contributed by atoms with Gasteiger partial charge in [0.25, 0.3) is 5.79 Å². The fourth-order valence-corrected chi connectivity index (χ4v) is 3.30. The summed E-state index contributed by atoms with van der Waals surface area (Å²) in [6, 6.07) is 7.67. The summed E-state index contributed by atoms with van der Waals surface area (Å²) >= 11 is 0. The van der Waals surface area contributed by atoms with Gasteiger partial charge in [0, 0.05) is 0 Å². The number of ketones is 2. The lowest BCUT2D eigenvalue weighted by molar-refractivity contribution is -0.281. The van der Waals surface area contributed by atoms with Crippen LogP contribution in [0, 0.1) is 6.92 Å². The van der Waals surface area contributed by atoms with Crippen molar-refractivity contribution in [2.24, 2.45) is 5.16 Å². The first-order valence-corrected chi connectivity index (χ1v) is 7.68. The summed E-state index contributed by atoms with van der Waals surface area (Å²) < 4.78 is 5.62. The molecule has 2 aliphatic rings. The molecule has 0 radical (unpaired) electrons. The molecule has 0 aromatic heterocycles. The Kier molecular flexibility index (Phi) is 3.69. The van der Waals surface area contributed by atoms with Crippen LogP contribution in [0.25, 0.3) is 0 Å². The van der Waals surface area contributed by atoms with E-state index in [1.165, 1.54) is 20.8 Å². The van der Waals surface area contributed by atoms with Crippen molar-refractivity contribution in [2.75, 3.05) is 0 Å². The SMILES string of the molecule is CC(=O)C1=C(C(C)=O)[C@@](C)(O)O[C@]12CC(c1ccc(C)cc1)=NO2. The van der Waals surface area contributed by atoms with Crippen molar-refractivity contribution in [1.29, 1.82) is 0 Å². The third-order valence-electron chi connectivity index (χ3n) is 4.25. The van der Waals surface area contributed by atoms with Crippen LogP contribution in [0.1, 0.15) is 38.3 Å². The fourth-order valence-electron chi connectivity index (χ4n) is 3.30. The van der Waals surface area contributed by atoms with Gasteiger partial charge in [0.15, 0.2) is 17.4 Å². The molecule has 0 unspecified atom stereocenters. The molecule has 0 saturated heterocycles. The zero-order chi connectivity index (χ0) is 17.7. The summed E-state index contributed by atoms with van der Waals surface area (Å²) in [4.78, 5) is 29.6. The third kappa shape index (κ3) is 2.48. The van der Waals surface area contributed by atoms with Gasteiger partial charge in [-0.2, -0.15) is 0 Å². The molecular weight excluding hydrogens is 310 g/mol. The number of rotatable bonds is 3. The number of Topliss-reactive ketones (excluding diaryl/α,β-unsaturated/α-hetero) is 2. The molecule has 1 aromatic carbocycles. The average molecular weight is 329 g/mol. The summed E-state index contributed by atoms with van der Waals surface area (Å²) in [5.41, 5.74) is 2.49. The number of nitrogens with zero attached hydrogens (tertiary/aromatic N) is 1. The number of aliphatic hydroxyl groups is 1. The quantitative estimate of drug-likeness (QED) is 0.917. The van der Waals surface area contributed by atoms with E-state index in [2.05, 4.69) is 5.16 Å². The van der Waals surface area contributed by atoms with E-state index in [1.807, 2.05) is 31.2 Å². The van der Waals surface area contributed by atoms with Crippen LogP contribution < -0.4 is 0 Å². The Morgan fingerprint density at radius 2 is 1.71 bits per heavy atom. The van der Waals surface area contributed by atoms with E-state index in [9.17, 15) is 14.7 Å². The van der Waals surface area contributed by atoms with Gasteiger partial charge in [-0.05, 0) is 33.3 Å². The highest BCUT2D eigenvalue weighted by molar-refractivity contribution is 6.10. The smallest absolute Gasteiger partial charge is 0.275 e. The van der Waals surface area contributed by atoms with Gasteiger partial charge in [0.1, 0.15) is 0 Å². The molecule has 1 spiro atoms. The second-order valence-electron chi connectivity index (χ2n) is 6.37. The highest BCUT2D eigenvalue weighted by Gasteiger charge is 2.60. The Morgan fingerprint density at radius 1 is 1.12 bits per heavy atom.